The molecule has 0 radical (unpaired) electrons. The molecule has 0 saturated heterocycles. The molecule has 0 bridgehead atoms. The summed E-state index contributed by atoms with van der Waals surface area (Å²) in [5.41, 5.74) is 3.37. The molecule has 1 aromatic heterocycles. The predicted octanol–water partition coefficient (Wildman–Crippen LogP) is 5.58. The van der Waals surface area contributed by atoms with Crippen molar-refractivity contribution >= 4 is 16.7 Å². The molecule has 134 valence electrons. The van der Waals surface area contributed by atoms with E-state index in [4.69, 9.17) is 0 Å². The molecular weight excluding hydrogens is 339 g/mol. The fourth-order valence-corrected chi connectivity index (χ4v) is 3.59. The van der Waals surface area contributed by atoms with Crippen molar-refractivity contribution in [1.82, 2.24) is 4.98 Å². The minimum atomic E-state index is -0.358. The Kier molecular flexibility index (Phi) is 4.24. The van der Waals surface area contributed by atoms with Crippen molar-refractivity contribution in [3.8, 4) is 17.2 Å². The smallest absolute Gasteiger partial charge is 0.165 e. The summed E-state index contributed by atoms with van der Waals surface area (Å²) in [7, 11) is 0. The maximum Gasteiger partial charge on any atom is 0.165 e. The van der Waals surface area contributed by atoms with Crippen molar-refractivity contribution in [2.45, 2.75) is 38.0 Å². The molecule has 0 N–H and O–H groups in total. The van der Waals surface area contributed by atoms with E-state index in [1.165, 1.54) is 12.1 Å². The van der Waals surface area contributed by atoms with Gasteiger partial charge in [0.25, 0.3) is 0 Å². The minimum absolute atomic E-state index is 0.00549. The second-order valence-corrected chi connectivity index (χ2v) is 7.15. The number of nitriles is 1. The molecular formula is C23H19FN2O. The number of halogens is 1. The topological polar surface area (TPSA) is 53.8 Å². The van der Waals surface area contributed by atoms with Crippen LogP contribution < -0.4 is 0 Å². The van der Waals surface area contributed by atoms with Crippen LogP contribution in [0.3, 0.4) is 0 Å². The standard InChI is InChI=1S/C23H19FN2O/c1-2-3-21(27)19-13-26-20-9-8-17(24)12-18(20)22(19)15-4-6-16(7-5-15)23(14-25)10-11-23/h4-9,12-13H,2-3,10-11H2,1H3. The summed E-state index contributed by atoms with van der Waals surface area (Å²) in [5, 5.41) is 10.0. The molecule has 0 amide bonds. The van der Waals surface area contributed by atoms with Crippen LogP contribution in [0.5, 0.6) is 0 Å². The number of aromatic nitrogens is 1. The lowest BCUT2D eigenvalue weighted by Gasteiger charge is -2.14. The zero-order valence-corrected chi connectivity index (χ0v) is 15.1. The van der Waals surface area contributed by atoms with Gasteiger partial charge in [-0.05, 0) is 48.6 Å². The zero-order chi connectivity index (χ0) is 19.0. The summed E-state index contributed by atoms with van der Waals surface area (Å²) in [6.07, 6.45) is 4.52. The summed E-state index contributed by atoms with van der Waals surface area (Å²) < 4.78 is 13.9. The van der Waals surface area contributed by atoms with Crippen LogP contribution >= 0.6 is 0 Å². The molecule has 1 fully saturated rings. The Morgan fingerprint density at radius 3 is 2.59 bits per heavy atom. The molecule has 3 aromatic rings. The fraction of sp³-hybridized carbons (Fsp3) is 0.261. The summed E-state index contributed by atoms with van der Waals surface area (Å²) in [5.74, 6) is -0.352. The first-order valence-corrected chi connectivity index (χ1v) is 9.21. The summed E-state index contributed by atoms with van der Waals surface area (Å²) in [4.78, 5) is 17.0. The zero-order valence-electron chi connectivity index (χ0n) is 15.1. The number of rotatable bonds is 5. The van der Waals surface area contributed by atoms with E-state index in [-0.39, 0.29) is 17.0 Å². The molecule has 1 saturated carbocycles. The highest BCUT2D eigenvalue weighted by Crippen LogP contribution is 2.48. The SMILES string of the molecule is CCCC(=O)c1cnc2ccc(F)cc2c1-c1ccc(C2(C#N)CC2)cc1. The van der Waals surface area contributed by atoms with Crippen molar-refractivity contribution in [3.05, 3.63) is 65.6 Å². The average molecular weight is 358 g/mol. The first kappa shape index (κ1) is 17.4. The van der Waals surface area contributed by atoms with Gasteiger partial charge in [0.1, 0.15) is 5.82 Å². The van der Waals surface area contributed by atoms with Gasteiger partial charge in [0, 0.05) is 29.1 Å². The van der Waals surface area contributed by atoms with Gasteiger partial charge in [-0.25, -0.2) is 4.39 Å². The van der Waals surface area contributed by atoms with E-state index < -0.39 is 0 Å². The number of nitrogens with zero attached hydrogens (tertiary/aromatic N) is 2. The van der Waals surface area contributed by atoms with E-state index in [0.29, 0.717) is 28.5 Å². The second kappa shape index (κ2) is 6.59. The lowest BCUT2D eigenvalue weighted by atomic mass is 9.90. The Morgan fingerprint density at radius 1 is 1.22 bits per heavy atom. The lowest BCUT2D eigenvalue weighted by Crippen LogP contribution is -2.04. The first-order chi connectivity index (χ1) is 13.1. The number of ketones is 1. The third-order valence-electron chi connectivity index (χ3n) is 5.30. The Morgan fingerprint density at radius 2 is 1.96 bits per heavy atom. The number of benzene rings is 2. The van der Waals surface area contributed by atoms with E-state index >= 15 is 0 Å². The van der Waals surface area contributed by atoms with Crippen LogP contribution in [0.25, 0.3) is 22.0 Å². The third-order valence-corrected chi connectivity index (χ3v) is 5.30. The van der Waals surface area contributed by atoms with E-state index in [9.17, 15) is 14.4 Å². The first-order valence-electron chi connectivity index (χ1n) is 9.21. The fourth-order valence-electron chi connectivity index (χ4n) is 3.59. The van der Waals surface area contributed by atoms with Gasteiger partial charge in [-0.15, -0.1) is 0 Å². The van der Waals surface area contributed by atoms with Crippen molar-refractivity contribution < 1.29 is 9.18 Å². The van der Waals surface area contributed by atoms with E-state index in [2.05, 4.69) is 11.1 Å². The number of carbonyl (C=O) groups is 1. The predicted molar refractivity (Wildman–Crippen MR) is 103 cm³/mol. The van der Waals surface area contributed by atoms with Gasteiger partial charge in [0.2, 0.25) is 0 Å². The second-order valence-electron chi connectivity index (χ2n) is 7.15. The van der Waals surface area contributed by atoms with Crippen LogP contribution in [0.15, 0.2) is 48.7 Å². The van der Waals surface area contributed by atoms with Crippen LogP contribution in [0.2, 0.25) is 0 Å². The van der Waals surface area contributed by atoms with Gasteiger partial charge >= 0.3 is 0 Å². The Labute approximate surface area is 157 Å². The molecule has 1 aliphatic carbocycles. The molecule has 0 spiro atoms. The summed E-state index contributed by atoms with van der Waals surface area (Å²) >= 11 is 0. The Balaban J connectivity index is 1.90. The summed E-state index contributed by atoms with van der Waals surface area (Å²) in [6.45, 7) is 1.96. The minimum Gasteiger partial charge on any atom is -0.294 e. The molecule has 4 heteroatoms. The Bertz CT molecular complexity index is 1080. The van der Waals surface area contributed by atoms with Crippen LogP contribution in [0.4, 0.5) is 4.39 Å². The molecule has 1 heterocycles. The molecule has 4 rings (SSSR count). The number of hydrogen-bond donors (Lipinski definition) is 0. The van der Waals surface area contributed by atoms with Crippen molar-refractivity contribution in [3.63, 3.8) is 0 Å². The van der Waals surface area contributed by atoms with E-state index in [0.717, 1.165) is 30.4 Å². The quantitative estimate of drug-likeness (QED) is 0.560. The van der Waals surface area contributed by atoms with Crippen molar-refractivity contribution in [1.29, 1.82) is 5.26 Å². The van der Waals surface area contributed by atoms with Crippen LogP contribution in [0.1, 0.15) is 48.5 Å². The van der Waals surface area contributed by atoms with E-state index in [1.807, 2.05) is 31.2 Å². The highest BCUT2D eigenvalue weighted by Gasteiger charge is 2.44. The van der Waals surface area contributed by atoms with Crippen molar-refractivity contribution in [2.75, 3.05) is 0 Å². The number of Topliss-reactive ketones (excluding diaryl/α,β-unsaturated/α-hetero) is 1. The number of fused-ring (bicyclic) bond motifs is 1. The largest absolute Gasteiger partial charge is 0.294 e. The third kappa shape index (κ3) is 3.00. The Hall–Kier alpha value is -3.06. The lowest BCUT2D eigenvalue weighted by molar-refractivity contribution is 0.0982. The molecule has 1 aliphatic rings. The van der Waals surface area contributed by atoms with Gasteiger partial charge < -0.3 is 0 Å². The number of hydrogen-bond acceptors (Lipinski definition) is 3. The molecule has 0 aliphatic heterocycles. The summed E-state index contributed by atoms with van der Waals surface area (Å²) in [6, 6.07) is 14.6. The monoisotopic (exact) mass is 358 g/mol. The maximum atomic E-state index is 13.9. The van der Waals surface area contributed by atoms with Gasteiger partial charge in [0.05, 0.1) is 17.0 Å². The van der Waals surface area contributed by atoms with Gasteiger partial charge in [-0.1, -0.05) is 31.2 Å². The molecule has 0 atom stereocenters. The van der Waals surface area contributed by atoms with Crippen molar-refractivity contribution in [2.24, 2.45) is 0 Å². The molecule has 27 heavy (non-hydrogen) atoms. The normalized spacial score (nSPS) is 14.7. The van der Waals surface area contributed by atoms with Gasteiger partial charge in [-0.2, -0.15) is 5.26 Å². The van der Waals surface area contributed by atoms with Gasteiger partial charge in [0.15, 0.2) is 5.78 Å². The maximum absolute atomic E-state index is 13.9. The highest BCUT2D eigenvalue weighted by molar-refractivity contribution is 6.09. The molecule has 0 unspecified atom stereocenters. The van der Waals surface area contributed by atoms with Crippen LogP contribution in [-0.2, 0) is 5.41 Å². The molecule has 3 nitrogen and oxygen atoms in total. The highest BCUT2D eigenvalue weighted by atomic mass is 19.1. The molecule has 2 aromatic carbocycles. The van der Waals surface area contributed by atoms with Crippen LogP contribution in [-0.4, -0.2) is 10.8 Å². The van der Waals surface area contributed by atoms with Gasteiger partial charge in [-0.3, -0.25) is 9.78 Å². The van der Waals surface area contributed by atoms with E-state index in [1.54, 1.807) is 12.3 Å². The number of pyridine rings is 1. The average Bonchev–Trinajstić information content (AvgIpc) is 3.48. The van der Waals surface area contributed by atoms with Crippen LogP contribution in [0, 0.1) is 17.1 Å². The number of carbonyl (C=O) groups excluding carboxylic acids is 1.